The zero-order valence-electron chi connectivity index (χ0n) is 5.92. The van der Waals surface area contributed by atoms with Gasteiger partial charge >= 0.3 is 0 Å². The summed E-state index contributed by atoms with van der Waals surface area (Å²) in [6.45, 7) is 3.14. The summed E-state index contributed by atoms with van der Waals surface area (Å²) < 4.78 is 2.97. The molecule has 1 rings (SSSR count). The molecule has 10 heavy (non-hydrogen) atoms. The normalized spacial score (nSPS) is 9.00. The van der Waals surface area contributed by atoms with E-state index in [0.717, 1.165) is 17.4 Å². The number of nitrogens with zero attached hydrogens (tertiary/aromatic N) is 2. The van der Waals surface area contributed by atoms with Gasteiger partial charge in [0.2, 0.25) is 0 Å². The minimum absolute atomic E-state index is 0. The van der Waals surface area contributed by atoms with Crippen LogP contribution in [0.4, 0.5) is 0 Å². The van der Waals surface area contributed by atoms with Gasteiger partial charge in [-0.25, -0.2) is 0 Å². The zero-order chi connectivity index (χ0) is 6.69. The van der Waals surface area contributed by atoms with Crippen molar-refractivity contribution in [2.24, 2.45) is 0 Å². The molecule has 0 aromatic carbocycles. The summed E-state index contributed by atoms with van der Waals surface area (Å²) in [4.78, 5) is 0. The van der Waals surface area contributed by atoms with Crippen molar-refractivity contribution >= 4 is 24.3 Å². The lowest BCUT2D eigenvalue weighted by Gasteiger charge is -1.93. The lowest BCUT2D eigenvalue weighted by atomic mass is 10.5. The summed E-state index contributed by atoms with van der Waals surface area (Å²) in [5.74, 6) is 0. The summed E-state index contributed by atoms with van der Waals surface area (Å²) in [6.07, 6.45) is 4.91. The highest BCUT2D eigenvalue weighted by Crippen LogP contribution is 2.05. The van der Waals surface area contributed by atoms with Crippen LogP contribution in [0.25, 0.3) is 0 Å². The van der Waals surface area contributed by atoms with E-state index in [0.29, 0.717) is 0 Å². The molecule has 0 spiro atoms. The fourth-order valence-electron chi connectivity index (χ4n) is 0.690. The molecule has 1 heterocycles. The summed E-state index contributed by atoms with van der Waals surface area (Å²) >= 11 is 3.32. The van der Waals surface area contributed by atoms with Crippen molar-refractivity contribution in [3.63, 3.8) is 0 Å². The quantitative estimate of drug-likeness (QED) is 0.663. The van der Waals surface area contributed by atoms with E-state index in [-0.39, 0.29) is 8.41 Å². The van der Waals surface area contributed by atoms with E-state index in [2.05, 4.69) is 28.0 Å². The van der Waals surface area contributed by atoms with Crippen LogP contribution in [0.3, 0.4) is 0 Å². The Hall–Kier alpha value is -0.245. The van der Waals surface area contributed by atoms with Gasteiger partial charge in [-0.05, 0) is 22.4 Å². The molecule has 0 saturated heterocycles. The van der Waals surface area contributed by atoms with Crippen molar-refractivity contribution in [3.05, 3.63) is 16.9 Å². The molecule has 0 N–H and O–H groups in total. The molecule has 4 heteroatoms. The fourth-order valence-corrected chi connectivity index (χ4v) is 1.02. The van der Waals surface area contributed by atoms with Crippen LogP contribution in [0.2, 0.25) is 0 Å². The topological polar surface area (TPSA) is 17.8 Å². The molecule has 0 bridgehead atoms. The minimum atomic E-state index is 0. The predicted octanol–water partition coefficient (Wildman–Crippen LogP) is 1.67. The van der Waals surface area contributed by atoms with E-state index < -0.39 is 0 Å². The Kier molecular flexibility index (Phi) is 4.44. The van der Waals surface area contributed by atoms with Crippen LogP contribution in [0.5, 0.6) is 0 Å². The highest BCUT2D eigenvalue weighted by Gasteiger charge is 1.90. The standard InChI is InChI=1S/C6H9BrN2.B/c1-2-3-9-5-6(7)4-8-9;/h4-5H,2-3H2,1H3;. The van der Waals surface area contributed by atoms with Gasteiger partial charge in [0.05, 0.1) is 10.7 Å². The van der Waals surface area contributed by atoms with Crippen LogP contribution in [-0.4, -0.2) is 18.2 Å². The Morgan fingerprint density at radius 3 is 2.80 bits per heavy atom. The lowest BCUT2D eigenvalue weighted by molar-refractivity contribution is 0.602. The number of hydrogen-bond acceptors (Lipinski definition) is 1. The summed E-state index contributed by atoms with van der Waals surface area (Å²) in [5.41, 5.74) is 0. The Morgan fingerprint density at radius 1 is 1.70 bits per heavy atom. The SMILES string of the molecule is CCCn1cc(Br)cn1.[B]. The molecule has 1 aromatic heterocycles. The summed E-state index contributed by atoms with van der Waals surface area (Å²) in [7, 11) is 0. The van der Waals surface area contributed by atoms with Crippen molar-refractivity contribution in [1.82, 2.24) is 9.78 Å². The molecular formula is C6H9BBrN2. The molecule has 2 nitrogen and oxygen atoms in total. The second kappa shape index (κ2) is 4.55. The number of halogens is 1. The van der Waals surface area contributed by atoms with Gasteiger partial charge in [-0.15, -0.1) is 0 Å². The Labute approximate surface area is 71.3 Å². The summed E-state index contributed by atoms with van der Waals surface area (Å²) in [6, 6.07) is 0. The van der Waals surface area contributed by atoms with E-state index in [1.54, 1.807) is 6.20 Å². The highest BCUT2D eigenvalue weighted by molar-refractivity contribution is 9.10. The van der Waals surface area contributed by atoms with Crippen molar-refractivity contribution < 1.29 is 0 Å². The summed E-state index contributed by atoms with van der Waals surface area (Å²) in [5, 5.41) is 4.08. The minimum Gasteiger partial charge on any atom is -0.272 e. The Bertz CT molecular complexity index is 188. The molecule has 0 unspecified atom stereocenters. The van der Waals surface area contributed by atoms with E-state index in [1.807, 2.05) is 10.9 Å². The van der Waals surface area contributed by atoms with Crippen molar-refractivity contribution in [2.75, 3.05) is 0 Å². The van der Waals surface area contributed by atoms with Gasteiger partial charge < -0.3 is 0 Å². The van der Waals surface area contributed by atoms with Crippen LogP contribution in [-0.2, 0) is 6.54 Å². The first-order valence-electron chi connectivity index (χ1n) is 3.01. The van der Waals surface area contributed by atoms with Gasteiger partial charge in [0.1, 0.15) is 0 Å². The van der Waals surface area contributed by atoms with Crippen LogP contribution in [0.1, 0.15) is 13.3 Å². The maximum absolute atomic E-state index is 4.08. The number of aromatic nitrogens is 2. The van der Waals surface area contributed by atoms with Crippen molar-refractivity contribution in [2.45, 2.75) is 19.9 Å². The lowest BCUT2D eigenvalue weighted by Crippen LogP contribution is -1.95. The third-order valence-corrected chi connectivity index (χ3v) is 1.46. The third kappa shape index (κ3) is 2.56. The number of rotatable bonds is 2. The smallest absolute Gasteiger partial charge is 0.0632 e. The highest BCUT2D eigenvalue weighted by atomic mass is 79.9. The first-order valence-corrected chi connectivity index (χ1v) is 3.80. The fraction of sp³-hybridized carbons (Fsp3) is 0.500. The molecule has 0 aliphatic heterocycles. The van der Waals surface area contributed by atoms with Gasteiger partial charge in [0, 0.05) is 21.2 Å². The predicted molar refractivity (Wildman–Crippen MR) is 46.0 cm³/mol. The largest absolute Gasteiger partial charge is 0.272 e. The van der Waals surface area contributed by atoms with E-state index >= 15 is 0 Å². The monoisotopic (exact) mass is 199 g/mol. The second-order valence-corrected chi connectivity index (χ2v) is 2.84. The number of hydrogen-bond donors (Lipinski definition) is 0. The average Bonchev–Trinajstić information content (AvgIpc) is 2.17. The van der Waals surface area contributed by atoms with Gasteiger partial charge in [0.15, 0.2) is 0 Å². The molecule has 0 aliphatic carbocycles. The van der Waals surface area contributed by atoms with E-state index in [9.17, 15) is 0 Å². The van der Waals surface area contributed by atoms with Crippen LogP contribution < -0.4 is 0 Å². The molecule has 3 radical (unpaired) electrons. The molecule has 0 fully saturated rings. The van der Waals surface area contributed by atoms with E-state index in [1.165, 1.54) is 0 Å². The Balaban J connectivity index is 0.000000810. The zero-order valence-corrected chi connectivity index (χ0v) is 7.50. The van der Waals surface area contributed by atoms with Gasteiger partial charge in [0.25, 0.3) is 0 Å². The molecule has 0 saturated carbocycles. The van der Waals surface area contributed by atoms with Crippen LogP contribution in [0, 0.1) is 0 Å². The molecule has 0 atom stereocenters. The average molecular weight is 200 g/mol. The maximum atomic E-state index is 4.08. The second-order valence-electron chi connectivity index (χ2n) is 1.92. The molecule has 0 aliphatic rings. The third-order valence-electron chi connectivity index (χ3n) is 1.05. The van der Waals surface area contributed by atoms with Gasteiger partial charge in [-0.1, -0.05) is 6.92 Å². The first-order chi connectivity index (χ1) is 4.33. The molecular weight excluding hydrogens is 191 g/mol. The van der Waals surface area contributed by atoms with Crippen LogP contribution in [0.15, 0.2) is 16.9 Å². The van der Waals surface area contributed by atoms with Crippen LogP contribution >= 0.6 is 15.9 Å². The molecule has 53 valence electrons. The first kappa shape index (κ1) is 9.75. The maximum Gasteiger partial charge on any atom is 0.0632 e. The van der Waals surface area contributed by atoms with Gasteiger partial charge in [-0.3, -0.25) is 4.68 Å². The molecule has 0 amide bonds. The number of aryl methyl sites for hydroxylation is 1. The van der Waals surface area contributed by atoms with E-state index in [4.69, 9.17) is 0 Å². The van der Waals surface area contributed by atoms with Crippen molar-refractivity contribution in [1.29, 1.82) is 0 Å². The van der Waals surface area contributed by atoms with Crippen molar-refractivity contribution in [3.8, 4) is 0 Å². The Morgan fingerprint density at radius 2 is 2.40 bits per heavy atom. The molecule has 1 aromatic rings. The van der Waals surface area contributed by atoms with Gasteiger partial charge in [-0.2, -0.15) is 5.10 Å².